The van der Waals surface area contributed by atoms with Gasteiger partial charge in [-0.05, 0) is 23.4 Å². The van der Waals surface area contributed by atoms with Gasteiger partial charge in [0.05, 0.1) is 31.3 Å². The highest BCUT2D eigenvalue weighted by Gasteiger charge is 2.66. The Morgan fingerprint density at radius 3 is 2.55 bits per heavy atom. The van der Waals surface area contributed by atoms with Crippen LogP contribution in [-0.4, -0.2) is 107 Å². The normalized spacial score (nSPS) is 25.1. The Morgan fingerprint density at radius 2 is 1.88 bits per heavy atom. The number of guanidine groups is 2. The van der Waals surface area contributed by atoms with Crippen molar-refractivity contribution in [2.45, 2.75) is 57.1 Å². The number of amides is 2. The molecule has 4 aliphatic rings. The van der Waals surface area contributed by atoms with Crippen LogP contribution in [-0.2, 0) is 29.4 Å². The fraction of sp³-hybridized carbons (Fsp3) is 0.577. The van der Waals surface area contributed by atoms with E-state index in [-0.39, 0.29) is 23.5 Å². The third kappa shape index (κ3) is 8.69. The van der Waals surface area contributed by atoms with Gasteiger partial charge >= 0.3 is 16.4 Å². The van der Waals surface area contributed by atoms with Gasteiger partial charge in [0.2, 0.25) is 31.0 Å². The van der Waals surface area contributed by atoms with Gasteiger partial charge in [0.25, 0.3) is 5.91 Å². The quantitative estimate of drug-likeness (QED) is 0.129. The van der Waals surface area contributed by atoms with Crippen LogP contribution < -0.4 is 25.4 Å². The van der Waals surface area contributed by atoms with E-state index in [9.17, 15) is 22.8 Å². The molecule has 5 rings (SSSR count). The predicted molar refractivity (Wildman–Crippen MR) is 188 cm³/mol. The Kier molecular flexibility index (Phi) is 11.2. The summed E-state index contributed by atoms with van der Waals surface area (Å²) in [7, 11) is -4.72. The summed E-state index contributed by atoms with van der Waals surface area (Å²) in [4.78, 5) is 53.9. The average Bonchev–Trinajstić information content (AvgIpc) is 3.53. The maximum absolute atomic E-state index is 14.5. The van der Waals surface area contributed by atoms with Crippen molar-refractivity contribution in [1.29, 1.82) is 0 Å². The lowest BCUT2D eigenvalue weighted by molar-refractivity contribution is -0.127. The molecule has 1 spiro atoms. The third-order valence-corrected chi connectivity index (χ3v) is 9.70. The molecule has 25 heteroatoms. The monoisotopic (exact) mass is 850 g/mol. The number of carbonyl (C=O) groups excluding carboxylic acids is 3. The Balaban J connectivity index is 1.50. The fourth-order valence-corrected chi connectivity index (χ4v) is 7.20. The molecule has 2 amide bonds. The van der Waals surface area contributed by atoms with E-state index in [2.05, 4.69) is 36.0 Å². The second-order valence-electron chi connectivity index (χ2n) is 12.2. The van der Waals surface area contributed by atoms with Crippen LogP contribution in [0.3, 0.4) is 0 Å². The van der Waals surface area contributed by atoms with Crippen molar-refractivity contribution in [3.63, 3.8) is 0 Å². The number of nitrogens with one attached hydrogen (secondary N) is 4. The maximum atomic E-state index is 14.5. The van der Waals surface area contributed by atoms with Crippen molar-refractivity contribution in [3.05, 3.63) is 39.8 Å². The summed E-state index contributed by atoms with van der Waals surface area (Å²) in [5.74, 6) is -1.86. The molecule has 4 heterocycles. The van der Waals surface area contributed by atoms with E-state index >= 15 is 0 Å². The zero-order chi connectivity index (χ0) is 37.6. The lowest BCUT2D eigenvalue weighted by atomic mass is 9.79. The molecular weight excluding hydrogens is 825 g/mol. The molecule has 4 aliphatic heterocycles. The van der Waals surface area contributed by atoms with Gasteiger partial charge in [0, 0.05) is 10.5 Å². The van der Waals surface area contributed by atoms with Gasteiger partial charge in [0.1, 0.15) is 31.0 Å². The molecule has 0 bridgehead atoms. The third-order valence-electron chi connectivity index (χ3n) is 8.18. The summed E-state index contributed by atoms with van der Waals surface area (Å²) in [5.41, 5.74) is 7.73. The van der Waals surface area contributed by atoms with E-state index in [1.165, 1.54) is 4.90 Å². The number of nitrogens with zero attached hydrogens (tertiary/aromatic N) is 6. The second-order valence-corrected chi connectivity index (χ2v) is 18.5. The first-order valence-corrected chi connectivity index (χ1v) is 18.4. The number of hydrogen-bond acceptors (Lipinski definition) is 13. The first-order chi connectivity index (χ1) is 23.7. The minimum Gasteiger partial charge on any atom is -0.492 e. The molecule has 278 valence electrons. The fourth-order valence-electron chi connectivity index (χ4n) is 5.95. The molecule has 0 unspecified atom stereocenters. The van der Waals surface area contributed by atoms with Gasteiger partial charge in [-0.25, -0.2) is 23.7 Å². The summed E-state index contributed by atoms with van der Waals surface area (Å²) in [6, 6.07) is 1.26. The van der Waals surface area contributed by atoms with Crippen molar-refractivity contribution in [1.82, 2.24) is 25.6 Å². The molecular formula is C26H28Cl6N10O8S. The molecule has 1 fully saturated rings. The lowest BCUT2D eigenvalue weighted by Crippen LogP contribution is -2.72. The van der Waals surface area contributed by atoms with Crippen LogP contribution in [0.5, 0.6) is 5.75 Å². The van der Waals surface area contributed by atoms with Gasteiger partial charge in [-0.3, -0.25) is 14.9 Å². The number of halogens is 6. The van der Waals surface area contributed by atoms with Crippen molar-refractivity contribution in [3.8, 4) is 5.75 Å². The van der Waals surface area contributed by atoms with E-state index in [1.807, 2.05) is 24.6 Å². The van der Waals surface area contributed by atoms with Gasteiger partial charge in [-0.1, -0.05) is 101 Å². The molecule has 0 saturated carbocycles. The topological polar surface area (TPSA) is 238 Å². The van der Waals surface area contributed by atoms with Crippen molar-refractivity contribution >= 4 is 110 Å². The van der Waals surface area contributed by atoms with E-state index < -0.39 is 85.2 Å². The van der Waals surface area contributed by atoms with Crippen LogP contribution >= 0.6 is 69.6 Å². The zero-order valence-electron chi connectivity index (χ0n) is 26.3. The molecule has 0 aromatic heterocycles. The van der Waals surface area contributed by atoms with Crippen LogP contribution in [0.4, 0.5) is 4.79 Å². The molecule has 1 aromatic carbocycles. The highest BCUT2D eigenvalue weighted by Crippen LogP contribution is 2.41. The standard InChI is InChI=1S/C26H28Cl6N10O8S/c1-23(2)6-7-48-16-12(4-3-5-13(16)23)19(44)35-15-9-42-21(38-22(45)49-10-24(27,28)29)36-14(8-34-41-33)17-26(42,18(15)43)39-20(37-17)40-51(46,47)50-11-25(30,31)32/h3-5,14-15,17H,6-11H2,1-2H3,(H,35,44)(H,36,38,45)(H2,37,39,40)/t14-,15+,17-,26-/m0/s1. The number of ketones is 1. The maximum Gasteiger partial charge on any atom is 0.414 e. The number of benzene rings is 1. The number of aliphatic imine (C=N–C) groups is 2. The Hall–Kier alpha value is -2.87. The average molecular weight is 853 g/mol. The minimum absolute atomic E-state index is 0.172. The van der Waals surface area contributed by atoms with Crippen molar-refractivity contribution in [2.75, 3.05) is 32.9 Å². The SMILES string of the molecule is CC1(C)CCOc2c(C(=O)N[C@@H]3CN4C(NC(=O)OCC(Cl)(Cl)Cl)=N[C@@H](CN=[N+]=[N-])[C@@H]5N=C(NS(=O)(=O)OCC(Cl)(Cl)Cl)N[C@@]54C3=O)cccc21. The smallest absolute Gasteiger partial charge is 0.414 e. The summed E-state index contributed by atoms with van der Waals surface area (Å²) < 4.78 is 39.1. The lowest BCUT2D eigenvalue weighted by Gasteiger charge is -2.44. The molecule has 4 atom stereocenters. The van der Waals surface area contributed by atoms with E-state index in [0.717, 1.165) is 5.56 Å². The summed E-state index contributed by atoms with van der Waals surface area (Å²) in [6.07, 6.45) is -0.444. The van der Waals surface area contributed by atoms with Crippen molar-refractivity contribution in [2.24, 2.45) is 15.1 Å². The van der Waals surface area contributed by atoms with E-state index in [1.54, 1.807) is 12.1 Å². The number of alkyl carbamates (subject to hydrolysis) is 1. The Labute approximate surface area is 320 Å². The van der Waals surface area contributed by atoms with Crippen molar-refractivity contribution < 1.29 is 36.5 Å². The van der Waals surface area contributed by atoms with Crippen LogP contribution in [0, 0.1) is 0 Å². The molecule has 1 saturated heterocycles. The summed E-state index contributed by atoms with van der Waals surface area (Å²) in [5, 5.41) is 11.4. The number of fused-ring (bicyclic) bond motifs is 1. The number of azide groups is 1. The first-order valence-electron chi connectivity index (χ1n) is 14.7. The predicted octanol–water partition coefficient (Wildman–Crippen LogP) is 3.12. The number of hydrogen-bond donors (Lipinski definition) is 4. The molecule has 1 aromatic rings. The van der Waals surface area contributed by atoms with Crippen LogP contribution in [0.1, 0.15) is 36.2 Å². The highest BCUT2D eigenvalue weighted by molar-refractivity contribution is 7.85. The van der Waals surface area contributed by atoms with Gasteiger partial charge in [-0.2, -0.15) is 8.42 Å². The summed E-state index contributed by atoms with van der Waals surface area (Å²) >= 11 is 34.0. The van der Waals surface area contributed by atoms with E-state index in [0.29, 0.717) is 18.8 Å². The number of ether oxygens (including phenoxy) is 2. The molecule has 0 radical (unpaired) electrons. The van der Waals surface area contributed by atoms with Crippen LogP contribution in [0.15, 0.2) is 33.3 Å². The molecule has 4 N–H and O–H groups in total. The number of para-hydroxylation sites is 1. The highest BCUT2D eigenvalue weighted by atomic mass is 35.6. The number of rotatable bonds is 8. The Bertz CT molecular complexity index is 1830. The minimum atomic E-state index is -4.72. The number of carbonyl (C=O) groups is 3. The largest absolute Gasteiger partial charge is 0.492 e. The van der Waals surface area contributed by atoms with Gasteiger partial charge < -0.3 is 25.0 Å². The van der Waals surface area contributed by atoms with E-state index in [4.69, 9.17) is 88.8 Å². The van der Waals surface area contributed by atoms with Gasteiger partial charge in [0.15, 0.2) is 0 Å². The number of Topliss-reactive ketones (excluding diaryl/α,β-unsaturated/α-hetero) is 1. The Morgan fingerprint density at radius 1 is 1.18 bits per heavy atom. The first kappa shape index (κ1) is 39.3. The second kappa shape index (κ2) is 14.5. The molecule has 0 aliphatic carbocycles. The van der Waals surface area contributed by atoms with Gasteiger partial charge in [-0.15, -0.1) is 0 Å². The van der Waals surface area contributed by atoms with Crippen LogP contribution in [0.25, 0.3) is 10.4 Å². The molecule has 51 heavy (non-hydrogen) atoms. The molecule has 18 nitrogen and oxygen atoms in total. The summed E-state index contributed by atoms with van der Waals surface area (Å²) in [6.45, 7) is 2.08. The van der Waals surface area contributed by atoms with Crippen LogP contribution in [0.2, 0.25) is 0 Å². The number of alkyl halides is 6. The zero-order valence-corrected chi connectivity index (χ0v) is 31.7.